The number of likely N-dealkylation sites (tertiary alicyclic amines) is 1. The predicted octanol–water partition coefficient (Wildman–Crippen LogP) is 4.81. The van der Waals surface area contributed by atoms with Gasteiger partial charge in [0.1, 0.15) is 5.75 Å². The molecule has 1 aromatic rings. The third kappa shape index (κ3) is 3.11. The standard InChI is InChI=1S/C19H29NO/c1-15-6-7-18(21)17(14-15)16(2)20-12-10-19(11-13-20)8-4-3-5-9-19/h6-7,14,16,21H,3-5,8-13H2,1-2H3. The molecule has 0 aromatic heterocycles. The molecule has 0 bridgehead atoms. The summed E-state index contributed by atoms with van der Waals surface area (Å²) in [6.45, 7) is 6.72. The van der Waals surface area contributed by atoms with Gasteiger partial charge in [0.25, 0.3) is 0 Å². The molecule has 1 heterocycles. The van der Waals surface area contributed by atoms with E-state index in [1.807, 2.05) is 12.1 Å². The van der Waals surface area contributed by atoms with Crippen molar-refractivity contribution in [2.75, 3.05) is 13.1 Å². The lowest BCUT2D eigenvalue weighted by atomic mass is 9.68. The van der Waals surface area contributed by atoms with Crippen LogP contribution in [0.5, 0.6) is 5.75 Å². The highest BCUT2D eigenvalue weighted by molar-refractivity contribution is 5.37. The summed E-state index contributed by atoms with van der Waals surface area (Å²) < 4.78 is 0. The van der Waals surface area contributed by atoms with E-state index in [1.54, 1.807) is 0 Å². The number of aromatic hydroxyl groups is 1. The van der Waals surface area contributed by atoms with E-state index in [-0.39, 0.29) is 0 Å². The van der Waals surface area contributed by atoms with E-state index in [1.165, 1.54) is 63.6 Å². The summed E-state index contributed by atoms with van der Waals surface area (Å²) in [5.74, 6) is 0.450. The van der Waals surface area contributed by atoms with Gasteiger partial charge in [-0.3, -0.25) is 4.90 Å². The Labute approximate surface area is 129 Å². The monoisotopic (exact) mass is 287 g/mol. The van der Waals surface area contributed by atoms with Crippen molar-refractivity contribution < 1.29 is 5.11 Å². The van der Waals surface area contributed by atoms with E-state index in [0.717, 1.165) is 5.56 Å². The van der Waals surface area contributed by atoms with Gasteiger partial charge in [-0.05, 0) is 64.1 Å². The van der Waals surface area contributed by atoms with Gasteiger partial charge in [-0.15, -0.1) is 0 Å². The summed E-state index contributed by atoms with van der Waals surface area (Å²) in [5.41, 5.74) is 2.98. The molecule has 0 radical (unpaired) electrons. The molecule has 3 rings (SSSR count). The van der Waals surface area contributed by atoms with E-state index in [0.29, 0.717) is 17.2 Å². The van der Waals surface area contributed by atoms with E-state index in [4.69, 9.17) is 0 Å². The van der Waals surface area contributed by atoms with Crippen molar-refractivity contribution in [1.29, 1.82) is 0 Å². The second kappa shape index (κ2) is 6.00. The van der Waals surface area contributed by atoms with Gasteiger partial charge in [0, 0.05) is 11.6 Å². The molecule has 1 spiro atoms. The molecule has 21 heavy (non-hydrogen) atoms. The van der Waals surface area contributed by atoms with Crippen LogP contribution in [0.3, 0.4) is 0 Å². The van der Waals surface area contributed by atoms with Crippen molar-refractivity contribution in [2.45, 2.75) is 64.8 Å². The molecule has 2 nitrogen and oxygen atoms in total. The van der Waals surface area contributed by atoms with Crippen molar-refractivity contribution in [2.24, 2.45) is 5.41 Å². The zero-order valence-corrected chi connectivity index (χ0v) is 13.6. The average Bonchev–Trinajstić information content (AvgIpc) is 2.51. The Morgan fingerprint density at radius 1 is 1.05 bits per heavy atom. The number of benzene rings is 1. The molecule has 1 atom stereocenters. The smallest absolute Gasteiger partial charge is 0.120 e. The van der Waals surface area contributed by atoms with Gasteiger partial charge in [-0.2, -0.15) is 0 Å². The van der Waals surface area contributed by atoms with Gasteiger partial charge in [0.05, 0.1) is 0 Å². The van der Waals surface area contributed by atoms with Crippen LogP contribution < -0.4 is 0 Å². The Balaban J connectivity index is 1.67. The summed E-state index contributed by atoms with van der Waals surface area (Å²) in [5, 5.41) is 10.2. The summed E-state index contributed by atoms with van der Waals surface area (Å²) in [6, 6.07) is 6.29. The minimum atomic E-state index is 0.325. The first-order valence-corrected chi connectivity index (χ1v) is 8.63. The fourth-order valence-electron chi connectivity index (χ4n) is 4.39. The second-order valence-corrected chi connectivity index (χ2v) is 7.33. The normalized spacial score (nSPS) is 24.1. The Morgan fingerprint density at radius 2 is 1.71 bits per heavy atom. The number of phenolic OH excluding ortho intramolecular Hbond substituents is 1. The Hall–Kier alpha value is -1.02. The quantitative estimate of drug-likeness (QED) is 0.844. The van der Waals surface area contributed by atoms with E-state index >= 15 is 0 Å². The molecule has 116 valence electrons. The molecule has 1 aliphatic carbocycles. The predicted molar refractivity (Wildman–Crippen MR) is 87.6 cm³/mol. The third-order valence-corrected chi connectivity index (χ3v) is 5.95. The molecule has 1 aliphatic heterocycles. The maximum absolute atomic E-state index is 10.2. The van der Waals surface area contributed by atoms with Crippen LogP contribution in [0.2, 0.25) is 0 Å². The van der Waals surface area contributed by atoms with Gasteiger partial charge in [-0.25, -0.2) is 0 Å². The molecule has 1 aromatic carbocycles. The number of phenols is 1. The summed E-state index contributed by atoms with van der Waals surface area (Å²) in [6.07, 6.45) is 9.92. The van der Waals surface area contributed by atoms with Crippen molar-refractivity contribution in [3.05, 3.63) is 29.3 Å². The Morgan fingerprint density at radius 3 is 2.38 bits per heavy atom. The summed E-state index contributed by atoms with van der Waals surface area (Å²) >= 11 is 0. The number of hydrogen-bond donors (Lipinski definition) is 1. The van der Waals surface area contributed by atoms with Gasteiger partial charge < -0.3 is 5.11 Å². The number of rotatable bonds is 2. The van der Waals surface area contributed by atoms with Crippen molar-refractivity contribution in [3.63, 3.8) is 0 Å². The minimum Gasteiger partial charge on any atom is -0.508 e. The molecule has 0 amide bonds. The molecule has 1 saturated carbocycles. The van der Waals surface area contributed by atoms with Crippen LogP contribution in [0.4, 0.5) is 0 Å². The van der Waals surface area contributed by atoms with E-state index in [9.17, 15) is 5.11 Å². The first kappa shape index (κ1) is 14.9. The lowest BCUT2D eigenvalue weighted by molar-refractivity contribution is 0.0482. The van der Waals surface area contributed by atoms with Gasteiger partial charge in [-0.1, -0.05) is 37.0 Å². The largest absolute Gasteiger partial charge is 0.508 e. The zero-order chi connectivity index (χ0) is 14.9. The minimum absolute atomic E-state index is 0.325. The molecule has 1 unspecified atom stereocenters. The highest BCUT2D eigenvalue weighted by Crippen LogP contribution is 2.46. The molecule has 2 fully saturated rings. The molecular weight excluding hydrogens is 258 g/mol. The molecule has 1 N–H and O–H groups in total. The van der Waals surface area contributed by atoms with Crippen LogP contribution in [0.15, 0.2) is 18.2 Å². The first-order valence-electron chi connectivity index (χ1n) is 8.63. The Kier molecular flexibility index (Phi) is 4.26. The van der Waals surface area contributed by atoms with Gasteiger partial charge >= 0.3 is 0 Å². The lowest BCUT2D eigenvalue weighted by Crippen LogP contribution is -2.42. The summed E-state index contributed by atoms with van der Waals surface area (Å²) in [7, 11) is 0. The fraction of sp³-hybridized carbons (Fsp3) is 0.684. The number of nitrogens with zero attached hydrogens (tertiary/aromatic N) is 1. The second-order valence-electron chi connectivity index (χ2n) is 7.33. The summed E-state index contributed by atoms with van der Waals surface area (Å²) in [4.78, 5) is 2.56. The van der Waals surface area contributed by atoms with E-state index in [2.05, 4.69) is 24.8 Å². The highest BCUT2D eigenvalue weighted by atomic mass is 16.3. The fourth-order valence-corrected chi connectivity index (χ4v) is 4.39. The van der Waals surface area contributed by atoms with Crippen LogP contribution in [0, 0.1) is 12.3 Å². The van der Waals surface area contributed by atoms with Gasteiger partial charge in [0.15, 0.2) is 0 Å². The maximum atomic E-state index is 10.2. The average molecular weight is 287 g/mol. The Bertz CT molecular complexity index is 480. The van der Waals surface area contributed by atoms with Crippen LogP contribution in [0.1, 0.15) is 69.0 Å². The number of aryl methyl sites for hydroxylation is 1. The van der Waals surface area contributed by atoms with Gasteiger partial charge in [0.2, 0.25) is 0 Å². The molecular formula is C19H29NO. The van der Waals surface area contributed by atoms with Crippen molar-refractivity contribution >= 4 is 0 Å². The maximum Gasteiger partial charge on any atom is 0.120 e. The van der Waals surface area contributed by atoms with E-state index < -0.39 is 0 Å². The third-order valence-electron chi connectivity index (χ3n) is 5.95. The van der Waals surface area contributed by atoms with Crippen LogP contribution in [-0.4, -0.2) is 23.1 Å². The topological polar surface area (TPSA) is 23.5 Å². The first-order chi connectivity index (χ1) is 10.1. The molecule has 1 saturated heterocycles. The van der Waals surface area contributed by atoms with Crippen molar-refractivity contribution in [3.8, 4) is 5.75 Å². The van der Waals surface area contributed by atoms with Crippen molar-refractivity contribution in [1.82, 2.24) is 4.90 Å². The number of piperidine rings is 1. The zero-order valence-electron chi connectivity index (χ0n) is 13.6. The lowest BCUT2D eigenvalue weighted by Gasteiger charge is -2.46. The SMILES string of the molecule is Cc1ccc(O)c(C(C)N2CCC3(CCCCC3)CC2)c1. The van der Waals surface area contributed by atoms with Crippen LogP contribution in [0.25, 0.3) is 0 Å². The number of hydrogen-bond acceptors (Lipinski definition) is 2. The van der Waals surface area contributed by atoms with Crippen LogP contribution in [-0.2, 0) is 0 Å². The molecule has 2 aliphatic rings. The van der Waals surface area contributed by atoms with Crippen LogP contribution >= 0.6 is 0 Å². The molecule has 2 heteroatoms. The highest BCUT2D eigenvalue weighted by Gasteiger charge is 2.36.